The van der Waals surface area contributed by atoms with E-state index in [1.807, 2.05) is 24.3 Å². The first-order valence-corrected chi connectivity index (χ1v) is 20.0. The second kappa shape index (κ2) is 21.5. The molecule has 0 spiro atoms. The largest absolute Gasteiger partial charge is 0.494 e. The Morgan fingerprint density at radius 1 is 0.466 bits per heavy atom. The van der Waals surface area contributed by atoms with Gasteiger partial charge in [-0.25, -0.2) is 0 Å². The minimum atomic E-state index is -5.34. The molecule has 0 amide bonds. The molecule has 8 nitrogen and oxygen atoms in total. The lowest BCUT2D eigenvalue weighted by molar-refractivity contribution is -0.164. The zero-order valence-corrected chi connectivity index (χ0v) is 33.4. The Morgan fingerprint density at radius 2 is 0.810 bits per heavy atom. The molecular formula is C44H56F6O8. The van der Waals surface area contributed by atoms with Crippen LogP contribution in [0.4, 0.5) is 26.3 Å². The highest BCUT2D eigenvalue weighted by atomic mass is 19.4. The summed E-state index contributed by atoms with van der Waals surface area (Å²) >= 11 is 0. The first kappa shape index (κ1) is 45.4. The number of alkyl halides is 6. The zero-order chi connectivity index (χ0) is 41.5. The fraction of sp³-hybridized carbons (Fsp3) is 0.591. The topological polar surface area (TPSA) is 73.8 Å². The Bertz CT molecular complexity index is 1530. The standard InChI is InChI=1S/C44H56F6O8/c1-41(29-53-30-41)27-51-21-3-5-23-55-35-15-11-33(12-16-35)9-7-25-57-37-19-20-38(40(44(48,49)50)39(37)43(45,46)47)58-26-8-10-34-13-17-36(18-14-34)56-24-6-4-22-52-28-42(2)31-54-32-42/h11-20H,3-10,21-32H2,1-2H3. The average Bonchev–Trinajstić information content (AvgIpc) is 3.16. The summed E-state index contributed by atoms with van der Waals surface area (Å²) in [6.07, 6.45) is -5.84. The van der Waals surface area contributed by atoms with E-state index in [9.17, 15) is 26.3 Å². The highest BCUT2D eigenvalue weighted by Gasteiger charge is 2.48. The minimum absolute atomic E-state index is 0.128. The van der Waals surface area contributed by atoms with Crippen molar-refractivity contribution in [1.29, 1.82) is 0 Å². The van der Waals surface area contributed by atoms with E-state index in [0.717, 1.165) is 75.4 Å². The fourth-order valence-corrected chi connectivity index (χ4v) is 6.49. The van der Waals surface area contributed by atoms with Crippen LogP contribution in [0.15, 0.2) is 60.7 Å². The van der Waals surface area contributed by atoms with Gasteiger partial charge in [0.1, 0.15) is 34.1 Å². The van der Waals surface area contributed by atoms with Crippen molar-refractivity contribution in [2.45, 2.75) is 77.6 Å². The van der Waals surface area contributed by atoms with Gasteiger partial charge in [0.15, 0.2) is 0 Å². The van der Waals surface area contributed by atoms with E-state index in [1.165, 1.54) is 0 Å². The number of aryl methyl sites for hydroxylation is 2. The molecule has 0 atom stereocenters. The van der Waals surface area contributed by atoms with Gasteiger partial charge >= 0.3 is 12.4 Å². The molecule has 0 bridgehead atoms. The number of unbranched alkanes of at least 4 members (excludes halogenated alkanes) is 2. The molecule has 0 aromatic heterocycles. The third-order valence-corrected chi connectivity index (χ3v) is 9.88. The molecule has 58 heavy (non-hydrogen) atoms. The molecule has 0 unspecified atom stereocenters. The van der Waals surface area contributed by atoms with Crippen molar-refractivity contribution >= 4 is 0 Å². The number of halogens is 6. The summed E-state index contributed by atoms with van der Waals surface area (Å²) in [7, 11) is 0. The molecule has 2 fully saturated rings. The average molecular weight is 827 g/mol. The molecule has 322 valence electrons. The van der Waals surface area contributed by atoms with Gasteiger partial charge in [-0.3, -0.25) is 0 Å². The summed E-state index contributed by atoms with van der Waals surface area (Å²) in [5, 5.41) is 0. The lowest BCUT2D eigenvalue weighted by Crippen LogP contribution is -2.43. The van der Waals surface area contributed by atoms with Crippen molar-refractivity contribution in [1.82, 2.24) is 0 Å². The molecular weight excluding hydrogens is 770 g/mol. The van der Waals surface area contributed by atoms with Gasteiger partial charge in [-0.1, -0.05) is 38.1 Å². The maximum atomic E-state index is 14.2. The molecule has 5 rings (SSSR count). The lowest BCUT2D eigenvalue weighted by atomic mass is 9.90. The zero-order valence-electron chi connectivity index (χ0n) is 33.4. The maximum absolute atomic E-state index is 14.2. The molecule has 2 aliphatic rings. The molecule has 2 aliphatic heterocycles. The van der Waals surface area contributed by atoms with Crippen LogP contribution in [0.25, 0.3) is 0 Å². The smallest absolute Gasteiger partial charge is 0.420 e. The number of hydrogen-bond acceptors (Lipinski definition) is 8. The van der Waals surface area contributed by atoms with Gasteiger partial charge in [0.05, 0.1) is 66.1 Å². The summed E-state index contributed by atoms with van der Waals surface area (Å²) in [6.45, 7) is 10.5. The first-order valence-electron chi connectivity index (χ1n) is 20.0. The van der Waals surface area contributed by atoms with Gasteiger partial charge in [-0.15, -0.1) is 0 Å². The van der Waals surface area contributed by atoms with Crippen molar-refractivity contribution in [2.75, 3.05) is 79.3 Å². The molecule has 0 aliphatic carbocycles. The van der Waals surface area contributed by atoms with Gasteiger partial charge in [0.2, 0.25) is 0 Å². The van der Waals surface area contributed by atoms with Gasteiger partial charge < -0.3 is 37.9 Å². The molecule has 0 N–H and O–H groups in total. The van der Waals surface area contributed by atoms with Crippen molar-refractivity contribution < 1.29 is 64.2 Å². The van der Waals surface area contributed by atoms with Crippen LogP contribution in [0.1, 0.15) is 74.6 Å². The summed E-state index contributed by atoms with van der Waals surface area (Å²) in [5.41, 5.74) is -1.76. The number of hydrogen-bond donors (Lipinski definition) is 0. The molecule has 2 saturated heterocycles. The highest BCUT2D eigenvalue weighted by Crippen LogP contribution is 2.49. The van der Waals surface area contributed by atoms with E-state index < -0.39 is 35.0 Å². The Balaban J connectivity index is 1.01. The molecule has 3 aromatic carbocycles. The van der Waals surface area contributed by atoms with E-state index in [-0.39, 0.29) is 36.9 Å². The summed E-state index contributed by atoms with van der Waals surface area (Å²) in [5.74, 6) is -0.412. The molecule has 0 saturated carbocycles. The molecule has 0 radical (unpaired) electrons. The van der Waals surface area contributed by atoms with E-state index in [1.54, 1.807) is 24.3 Å². The van der Waals surface area contributed by atoms with Gasteiger partial charge in [-0.05, 0) is 98.9 Å². The van der Waals surface area contributed by atoms with Crippen LogP contribution in [0.3, 0.4) is 0 Å². The van der Waals surface area contributed by atoms with Crippen molar-refractivity contribution in [2.24, 2.45) is 10.8 Å². The normalized spacial score (nSPS) is 16.0. The van der Waals surface area contributed by atoms with Gasteiger partial charge in [-0.2, -0.15) is 26.3 Å². The maximum Gasteiger partial charge on any atom is 0.420 e. The number of rotatable bonds is 26. The van der Waals surface area contributed by atoms with Crippen LogP contribution in [0.5, 0.6) is 23.0 Å². The highest BCUT2D eigenvalue weighted by molar-refractivity contribution is 5.52. The van der Waals surface area contributed by atoms with E-state index in [2.05, 4.69) is 13.8 Å². The van der Waals surface area contributed by atoms with E-state index in [4.69, 9.17) is 37.9 Å². The summed E-state index contributed by atoms with van der Waals surface area (Å²) in [4.78, 5) is 0. The number of ether oxygens (including phenoxy) is 8. The fourth-order valence-electron chi connectivity index (χ4n) is 6.49. The third-order valence-electron chi connectivity index (χ3n) is 9.88. The number of benzene rings is 3. The monoisotopic (exact) mass is 826 g/mol. The summed E-state index contributed by atoms with van der Waals surface area (Å²) < 4.78 is 129. The third kappa shape index (κ3) is 14.5. The van der Waals surface area contributed by atoms with Crippen LogP contribution in [0, 0.1) is 10.8 Å². The van der Waals surface area contributed by atoms with Gasteiger partial charge in [0.25, 0.3) is 0 Å². The lowest BCUT2D eigenvalue weighted by Gasteiger charge is -2.37. The Kier molecular flexibility index (Phi) is 16.8. The van der Waals surface area contributed by atoms with Crippen LogP contribution in [-0.4, -0.2) is 79.3 Å². The van der Waals surface area contributed by atoms with Crippen molar-refractivity contribution in [3.05, 3.63) is 82.9 Å². The Labute approximate surface area is 337 Å². The predicted molar refractivity (Wildman–Crippen MR) is 206 cm³/mol. The minimum Gasteiger partial charge on any atom is -0.494 e. The SMILES string of the molecule is CC1(COCCCCOc2ccc(CCCOc3ccc(OCCCc4ccc(OCCCCOCC5(C)COC5)cc4)c(C(F)(F)F)c3C(F)(F)F)cc2)COC1. The van der Waals surface area contributed by atoms with E-state index >= 15 is 0 Å². The van der Waals surface area contributed by atoms with E-state index in [0.29, 0.717) is 64.0 Å². The molecule has 3 aromatic rings. The van der Waals surface area contributed by atoms with Crippen LogP contribution in [-0.2, 0) is 44.1 Å². The summed E-state index contributed by atoms with van der Waals surface area (Å²) in [6, 6.07) is 16.4. The Morgan fingerprint density at radius 3 is 1.14 bits per heavy atom. The molecule has 2 heterocycles. The quantitative estimate of drug-likeness (QED) is 0.0585. The first-order chi connectivity index (χ1) is 27.7. The van der Waals surface area contributed by atoms with Crippen LogP contribution < -0.4 is 18.9 Å². The predicted octanol–water partition coefficient (Wildman–Crippen LogP) is 10.2. The van der Waals surface area contributed by atoms with Crippen molar-refractivity contribution in [3.8, 4) is 23.0 Å². The van der Waals surface area contributed by atoms with Crippen LogP contribution in [0.2, 0.25) is 0 Å². The molecule has 14 heteroatoms. The second-order valence-corrected chi connectivity index (χ2v) is 15.8. The van der Waals surface area contributed by atoms with Crippen LogP contribution >= 0.6 is 0 Å². The van der Waals surface area contributed by atoms with Gasteiger partial charge in [0, 0.05) is 24.0 Å². The second-order valence-electron chi connectivity index (χ2n) is 15.8. The van der Waals surface area contributed by atoms with Crippen molar-refractivity contribution in [3.63, 3.8) is 0 Å². The Hall–Kier alpha value is -3.72.